The number of aromatic nitrogens is 3. The van der Waals surface area contributed by atoms with Crippen LogP contribution in [0.4, 0.5) is 16.8 Å². The smallest absolute Gasteiger partial charge is 0.230 e. The average Bonchev–Trinajstić information content (AvgIpc) is 3.20. The van der Waals surface area contributed by atoms with E-state index in [1.807, 2.05) is 18.2 Å². The minimum Gasteiger partial charge on any atom is -0.330 e. The third-order valence-electron chi connectivity index (χ3n) is 5.60. The third kappa shape index (κ3) is 4.34. The molecular weight excluding hydrogens is 396 g/mol. The number of nitrogens with zero attached hydrogens (tertiary/aromatic N) is 5. The van der Waals surface area contributed by atoms with Gasteiger partial charge in [0.15, 0.2) is 5.13 Å². The summed E-state index contributed by atoms with van der Waals surface area (Å²) in [5.41, 5.74) is 4.22. The maximum atomic E-state index is 12.4. The zero-order valence-corrected chi connectivity index (χ0v) is 18.4. The first-order valence-electron chi connectivity index (χ1n) is 10.2. The molecule has 0 unspecified atom stereocenters. The summed E-state index contributed by atoms with van der Waals surface area (Å²) in [6, 6.07) is 7.88. The van der Waals surface area contributed by atoms with Crippen LogP contribution in [-0.2, 0) is 11.3 Å². The Morgan fingerprint density at radius 3 is 2.60 bits per heavy atom. The molecule has 3 aromatic rings. The first-order chi connectivity index (χ1) is 14.5. The second-order valence-electron chi connectivity index (χ2n) is 7.66. The number of hydrogen-bond donors (Lipinski definition) is 1. The highest BCUT2D eigenvalue weighted by molar-refractivity contribution is 7.14. The zero-order valence-electron chi connectivity index (χ0n) is 17.6. The van der Waals surface area contributed by atoms with Crippen molar-refractivity contribution >= 4 is 34.0 Å². The molecule has 0 aliphatic carbocycles. The number of piperazine rings is 1. The normalized spacial score (nSPS) is 14.7. The number of quaternary nitrogens is 1. The Hall–Kier alpha value is -2.84. The van der Waals surface area contributed by atoms with E-state index < -0.39 is 0 Å². The van der Waals surface area contributed by atoms with E-state index in [-0.39, 0.29) is 5.91 Å². The molecule has 0 bridgehead atoms. The summed E-state index contributed by atoms with van der Waals surface area (Å²) in [6.45, 7) is 10.5. The molecule has 1 fully saturated rings. The first kappa shape index (κ1) is 20.4. The van der Waals surface area contributed by atoms with Crippen molar-refractivity contribution in [3.63, 3.8) is 0 Å². The van der Waals surface area contributed by atoms with Crippen molar-refractivity contribution in [1.82, 2.24) is 15.0 Å². The fourth-order valence-corrected chi connectivity index (χ4v) is 4.66. The number of anilines is 3. The van der Waals surface area contributed by atoms with E-state index in [1.54, 1.807) is 24.2 Å². The number of amides is 1. The number of thiazole rings is 1. The lowest BCUT2D eigenvalue weighted by Gasteiger charge is -2.31. The zero-order chi connectivity index (χ0) is 21.1. The maximum absolute atomic E-state index is 12.4. The summed E-state index contributed by atoms with van der Waals surface area (Å²) >= 11 is 1.53. The van der Waals surface area contributed by atoms with Crippen LogP contribution in [0.2, 0.25) is 0 Å². The lowest BCUT2D eigenvalue weighted by molar-refractivity contribution is -0.914. The number of benzene rings is 1. The number of carbonyl (C=O) groups is 1. The number of nitrogens with one attached hydrogen (secondary N) is 1. The van der Waals surface area contributed by atoms with E-state index in [1.165, 1.54) is 21.8 Å². The second-order valence-corrected chi connectivity index (χ2v) is 8.49. The fourth-order valence-electron chi connectivity index (χ4n) is 3.78. The molecule has 0 radical (unpaired) electrons. The van der Waals surface area contributed by atoms with E-state index in [2.05, 4.69) is 40.2 Å². The third-order valence-corrected chi connectivity index (χ3v) is 6.47. The Labute approximate surface area is 181 Å². The predicted octanol–water partition coefficient (Wildman–Crippen LogP) is 2.14. The Balaban J connectivity index is 1.44. The fraction of sp³-hybridized carbons (Fsp3) is 0.364. The first-order valence-corrected chi connectivity index (χ1v) is 11.1. The van der Waals surface area contributed by atoms with Crippen molar-refractivity contribution < 1.29 is 9.69 Å². The van der Waals surface area contributed by atoms with Gasteiger partial charge in [-0.25, -0.2) is 15.0 Å². The molecule has 0 atom stereocenters. The molecule has 0 spiro atoms. The van der Waals surface area contributed by atoms with Crippen LogP contribution < -0.4 is 14.7 Å². The van der Waals surface area contributed by atoms with Gasteiger partial charge < -0.3 is 9.80 Å². The molecular formula is C22H27N6OS+. The summed E-state index contributed by atoms with van der Waals surface area (Å²) in [7, 11) is 0. The molecule has 1 aromatic carbocycles. The van der Waals surface area contributed by atoms with Crippen LogP contribution in [0.25, 0.3) is 0 Å². The average molecular weight is 424 g/mol. The minimum atomic E-state index is -0.0200. The molecule has 1 aliphatic heterocycles. The molecule has 0 saturated carbocycles. The lowest BCUT2D eigenvalue weighted by atomic mass is 10.1. The second kappa shape index (κ2) is 8.89. The topological polar surface area (TPSA) is 66.7 Å². The molecule has 7 nitrogen and oxygen atoms in total. The highest BCUT2D eigenvalue weighted by Crippen LogP contribution is 2.32. The summed E-state index contributed by atoms with van der Waals surface area (Å²) < 4.78 is 0. The Bertz CT molecular complexity index is 1010. The van der Waals surface area contributed by atoms with Crippen LogP contribution in [-0.4, -0.2) is 47.0 Å². The SMILES string of the molecule is CC(=O)N(c1nc(C[NH+]2CCN(c3ncccn3)CC2)cs1)c1cccc(C)c1C. The van der Waals surface area contributed by atoms with Gasteiger partial charge in [-0.1, -0.05) is 12.1 Å². The van der Waals surface area contributed by atoms with Crippen LogP contribution in [0.3, 0.4) is 0 Å². The number of aryl methyl sites for hydroxylation is 1. The van der Waals surface area contributed by atoms with Gasteiger partial charge in [-0.15, -0.1) is 11.3 Å². The van der Waals surface area contributed by atoms with Crippen molar-refractivity contribution in [1.29, 1.82) is 0 Å². The summed E-state index contributed by atoms with van der Waals surface area (Å²) in [5, 5.41) is 2.82. The minimum absolute atomic E-state index is 0.0200. The predicted molar refractivity (Wildman–Crippen MR) is 119 cm³/mol. The Kier molecular flexibility index (Phi) is 6.06. The monoisotopic (exact) mass is 423 g/mol. The number of rotatable bonds is 5. The molecule has 4 rings (SSSR count). The van der Waals surface area contributed by atoms with Crippen LogP contribution in [0.5, 0.6) is 0 Å². The maximum Gasteiger partial charge on any atom is 0.230 e. The molecule has 1 aliphatic rings. The van der Waals surface area contributed by atoms with Crippen molar-refractivity contribution in [3.05, 3.63) is 58.9 Å². The van der Waals surface area contributed by atoms with Crippen LogP contribution in [0, 0.1) is 13.8 Å². The lowest BCUT2D eigenvalue weighted by Crippen LogP contribution is -3.13. The highest BCUT2D eigenvalue weighted by Gasteiger charge is 2.24. The van der Waals surface area contributed by atoms with E-state index >= 15 is 0 Å². The van der Waals surface area contributed by atoms with Crippen molar-refractivity contribution in [3.8, 4) is 0 Å². The number of hydrogen-bond acceptors (Lipinski definition) is 6. The Morgan fingerprint density at radius 2 is 1.90 bits per heavy atom. The van der Waals surface area contributed by atoms with Gasteiger partial charge in [0.2, 0.25) is 11.9 Å². The molecule has 156 valence electrons. The summed E-state index contributed by atoms with van der Waals surface area (Å²) in [6.07, 6.45) is 3.57. The molecule has 1 amide bonds. The van der Waals surface area contributed by atoms with E-state index in [0.717, 1.165) is 60.7 Å². The van der Waals surface area contributed by atoms with Gasteiger partial charge in [0.25, 0.3) is 0 Å². The largest absolute Gasteiger partial charge is 0.330 e. The quantitative estimate of drug-likeness (QED) is 0.681. The van der Waals surface area contributed by atoms with Gasteiger partial charge in [0, 0.05) is 24.7 Å². The van der Waals surface area contributed by atoms with Gasteiger partial charge in [-0.05, 0) is 37.1 Å². The Morgan fingerprint density at radius 1 is 1.17 bits per heavy atom. The van der Waals surface area contributed by atoms with Gasteiger partial charge in [0.1, 0.15) is 12.2 Å². The van der Waals surface area contributed by atoms with Crippen LogP contribution >= 0.6 is 11.3 Å². The van der Waals surface area contributed by atoms with Crippen molar-refractivity contribution in [2.24, 2.45) is 0 Å². The van der Waals surface area contributed by atoms with E-state index in [0.29, 0.717) is 0 Å². The summed E-state index contributed by atoms with van der Waals surface area (Å²) in [4.78, 5) is 31.4. The van der Waals surface area contributed by atoms with Crippen molar-refractivity contribution in [2.45, 2.75) is 27.3 Å². The molecule has 30 heavy (non-hydrogen) atoms. The van der Waals surface area contributed by atoms with Gasteiger partial charge in [-0.3, -0.25) is 9.69 Å². The van der Waals surface area contributed by atoms with Crippen LogP contribution in [0.15, 0.2) is 42.0 Å². The molecule has 1 saturated heterocycles. The standard InChI is InChI=1S/C22H26N6OS/c1-16-6-4-7-20(17(16)2)28(18(3)29)22-25-19(15-30-22)14-26-10-12-27(13-11-26)21-23-8-5-9-24-21/h4-9,15H,10-14H2,1-3H3/p+1. The van der Waals surface area contributed by atoms with Gasteiger partial charge in [-0.2, -0.15) is 0 Å². The van der Waals surface area contributed by atoms with Gasteiger partial charge >= 0.3 is 0 Å². The van der Waals surface area contributed by atoms with Gasteiger partial charge in [0.05, 0.1) is 31.9 Å². The van der Waals surface area contributed by atoms with E-state index in [9.17, 15) is 4.79 Å². The highest BCUT2D eigenvalue weighted by atomic mass is 32.1. The van der Waals surface area contributed by atoms with Crippen LogP contribution in [0.1, 0.15) is 23.7 Å². The molecule has 1 N–H and O–H groups in total. The number of carbonyl (C=O) groups excluding carboxylic acids is 1. The van der Waals surface area contributed by atoms with E-state index in [4.69, 9.17) is 4.98 Å². The summed E-state index contributed by atoms with van der Waals surface area (Å²) in [5.74, 6) is 0.784. The van der Waals surface area contributed by atoms with Crippen molar-refractivity contribution in [2.75, 3.05) is 36.0 Å². The molecule has 2 aromatic heterocycles. The molecule has 8 heteroatoms. The molecule has 3 heterocycles.